The molecule has 0 spiro atoms. The summed E-state index contributed by atoms with van der Waals surface area (Å²) in [6, 6.07) is 9.50. The fraction of sp³-hybridized carbons (Fsp3) is 0.476. The van der Waals surface area contributed by atoms with Gasteiger partial charge in [0.25, 0.3) is 0 Å². The number of carbonyl (C=O) groups is 3. The first kappa shape index (κ1) is 24.0. The summed E-state index contributed by atoms with van der Waals surface area (Å²) in [4.78, 5) is 37.1. The molecule has 0 aromatic heterocycles. The number of rotatable bonds is 9. The molecule has 8 nitrogen and oxygen atoms in total. The maximum absolute atomic E-state index is 12.6. The summed E-state index contributed by atoms with van der Waals surface area (Å²) in [6.07, 6.45) is 1.96. The third kappa shape index (κ3) is 11.4. The van der Waals surface area contributed by atoms with Gasteiger partial charge in [0, 0.05) is 13.1 Å². The Morgan fingerprint density at radius 1 is 1.07 bits per heavy atom. The number of benzene rings is 1. The van der Waals surface area contributed by atoms with Gasteiger partial charge in [0.2, 0.25) is 5.91 Å². The molecule has 0 fully saturated rings. The van der Waals surface area contributed by atoms with Crippen molar-refractivity contribution in [3.63, 3.8) is 0 Å². The van der Waals surface area contributed by atoms with Crippen LogP contribution in [0.1, 0.15) is 33.3 Å². The SMILES string of the molecule is CCOC(=O)OC/C=C/CN(Cc1ccccc1)C(=O)CNC(=O)OC(C)(C)C. The predicted molar refractivity (Wildman–Crippen MR) is 108 cm³/mol. The highest BCUT2D eigenvalue weighted by molar-refractivity contribution is 5.82. The van der Waals surface area contributed by atoms with Crippen molar-refractivity contribution >= 4 is 18.2 Å². The number of alkyl carbamates (subject to hydrolysis) is 1. The molecule has 0 unspecified atom stereocenters. The van der Waals surface area contributed by atoms with Gasteiger partial charge in [-0.05, 0) is 39.3 Å². The van der Waals surface area contributed by atoms with E-state index in [-0.39, 0.29) is 32.2 Å². The summed E-state index contributed by atoms with van der Waals surface area (Å²) in [7, 11) is 0. The summed E-state index contributed by atoms with van der Waals surface area (Å²) in [5.74, 6) is -0.268. The molecule has 0 aliphatic rings. The van der Waals surface area contributed by atoms with Crippen LogP contribution in [0.2, 0.25) is 0 Å². The first-order valence-electron chi connectivity index (χ1n) is 9.44. The van der Waals surface area contributed by atoms with E-state index in [4.69, 9.17) is 9.47 Å². The van der Waals surface area contributed by atoms with Gasteiger partial charge in [-0.1, -0.05) is 36.4 Å². The second-order valence-corrected chi connectivity index (χ2v) is 7.08. The van der Waals surface area contributed by atoms with Crippen molar-refractivity contribution in [1.29, 1.82) is 0 Å². The van der Waals surface area contributed by atoms with E-state index >= 15 is 0 Å². The van der Waals surface area contributed by atoms with E-state index in [1.807, 2.05) is 30.3 Å². The second-order valence-electron chi connectivity index (χ2n) is 7.08. The van der Waals surface area contributed by atoms with Gasteiger partial charge in [-0.3, -0.25) is 4.79 Å². The van der Waals surface area contributed by atoms with Gasteiger partial charge in [0.15, 0.2) is 0 Å². The lowest BCUT2D eigenvalue weighted by Crippen LogP contribution is -2.41. The van der Waals surface area contributed by atoms with E-state index in [1.165, 1.54) is 0 Å². The number of hydrogen-bond acceptors (Lipinski definition) is 6. The third-order valence-electron chi connectivity index (χ3n) is 3.40. The zero-order valence-corrected chi connectivity index (χ0v) is 17.5. The zero-order valence-electron chi connectivity index (χ0n) is 17.5. The smallest absolute Gasteiger partial charge is 0.444 e. The number of amides is 2. The maximum atomic E-state index is 12.6. The van der Waals surface area contributed by atoms with Gasteiger partial charge in [0.1, 0.15) is 18.8 Å². The fourth-order valence-corrected chi connectivity index (χ4v) is 2.18. The highest BCUT2D eigenvalue weighted by Crippen LogP contribution is 2.07. The number of hydrogen-bond donors (Lipinski definition) is 1. The van der Waals surface area contributed by atoms with Crippen LogP contribution in [0.3, 0.4) is 0 Å². The molecular formula is C21H30N2O6. The number of ether oxygens (including phenoxy) is 3. The van der Waals surface area contributed by atoms with Crippen LogP contribution in [0.25, 0.3) is 0 Å². The largest absolute Gasteiger partial charge is 0.508 e. The first-order chi connectivity index (χ1) is 13.7. The van der Waals surface area contributed by atoms with Gasteiger partial charge in [-0.2, -0.15) is 0 Å². The third-order valence-corrected chi connectivity index (χ3v) is 3.40. The molecule has 29 heavy (non-hydrogen) atoms. The number of nitrogens with zero attached hydrogens (tertiary/aromatic N) is 1. The first-order valence-corrected chi connectivity index (χ1v) is 9.44. The summed E-state index contributed by atoms with van der Waals surface area (Å²) in [5, 5.41) is 2.47. The average molecular weight is 406 g/mol. The molecule has 0 atom stereocenters. The molecule has 0 saturated carbocycles. The van der Waals surface area contributed by atoms with Crippen LogP contribution < -0.4 is 5.32 Å². The van der Waals surface area contributed by atoms with Crippen LogP contribution in [-0.2, 0) is 25.5 Å². The molecule has 0 aliphatic carbocycles. The van der Waals surface area contributed by atoms with Crippen LogP contribution in [0.15, 0.2) is 42.5 Å². The van der Waals surface area contributed by atoms with Crippen molar-refractivity contribution < 1.29 is 28.6 Å². The van der Waals surface area contributed by atoms with Crippen molar-refractivity contribution in [3.8, 4) is 0 Å². The molecule has 160 valence electrons. The monoisotopic (exact) mass is 406 g/mol. The van der Waals surface area contributed by atoms with Crippen LogP contribution in [0.5, 0.6) is 0 Å². The predicted octanol–water partition coefficient (Wildman–Crippen LogP) is 3.27. The van der Waals surface area contributed by atoms with Crippen molar-refractivity contribution in [2.45, 2.75) is 39.8 Å². The Morgan fingerprint density at radius 3 is 2.38 bits per heavy atom. The van der Waals surface area contributed by atoms with Crippen LogP contribution in [-0.4, -0.2) is 55.0 Å². The molecule has 2 amide bonds. The highest BCUT2D eigenvalue weighted by atomic mass is 16.7. The normalized spacial score (nSPS) is 11.0. The Balaban J connectivity index is 2.61. The lowest BCUT2D eigenvalue weighted by Gasteiger charge is -2.23. The molecular weight excluding hydrogens is 376 g/mol. The molecule has 1 aromatic carbocycles. The highest BCUT2D eigenvalue weighted by Gasteiger charge is 2.18. The topological polar surface area (TPSA) is 94.2 Å². The molecule has 1 aromatic rings. The minimum absolute atomic E-state index is 0.0440. The quantitative estimate of drug-likeness (QED) is 0.500. The molecule has 8 heteroatoms. The summed E-state index contributed by atoms with van der Waals surface area (Å²) in [5.41, 5.74) is 0.313. The Bertz CT molecular complexity index is 682. The number of nitrogens with one attached hydrogen (secondary N) is 1. The molecule has 1 rings (SSSR count). The maximum Gasteiger partial charge on any atom is 0.508 e. The van der Waals surface area contributed by atoms with Crippen LogP contribution in [0, 0.1) is 0 Å². The van der Waals surface area contributed by atoms with E-state index in [0.717, 1.165) is 5.56 Å². The van der Waals surface area contributed by atoms with E-state index in [9.17, 15) is 14.4 Å². The van der Waals surface area contributed by atoms with Crippen molar-refractivity contribution in [2.24, 2.45) is 0 Å². The van der Waals surface area contributed by atoms with E-state index < -0.39 is 17.8 Å². The Hall–Kier alpha value is -3.03. The molecule has 0 heterocycles. The molecule has 0 bridgehead atoms. The lowest BCUT2D eigenvalue weighted by molar-refractivity contribution is -0.130. The van der Waals surface area contributed by atoms with Crippen LogP contribution >= 0.6 is 0 Å². The minimum Gasteiger partial charge on any atom is -0.444 e. The van der Waals surface area contributed by atoms with Crippen molar-refractivity contribution in [2.75, 3.05) is 26.3 Å². The molecule has 0 saturated heterocycles. The summed E-state index contributed by atoms with van der Waals surface area (Å²) < 4.78 is 14.7. The van der Waals surface area contributed by atoms with Gasteiger partial charge in [0.05, 0.1) is 6.61 Å². The Kier molecular flexibility index (Phi) is 10.3. The van der Waals surface area contributed by atoms with Gasteiger partial charge in [-0.15, -0.1) is 0 Å². The number of carbonyl (C=O) groups excluding carboxylic acids is 3. The molecule has 0 aliphatic heterocycles. The summed E-state index contributed by atoms with van der Waals surface area (Å²) >= 11 is 0. The average Bonchev–Trinajstić information content (AvgIpc) is 2.64. The summed E-state index contributed by atoms with van der Waals surface area (Å²) in [6.45, 7) is 7.70. The Labute approximate surface area is 171 Å². The van der Waals surface area contributed by atoms with Crippen molar-refractivity contribution in [3.05, 3.63) is 48.0 Å². The zero-order chi connectivity index (χ0) is 21.7. The van der Waals surface area contributed by atoms with Crippen LogP contribution in [0.4, 0.5) is 9.59 Å². The second kappa shape index (κ2) is 12.4. The fourth-order valence-electron chi connectivity index (χ4n) is 2.18. The lowest BCUT2D eigenvalue weighted by atomic mass is 10.2. The minimum atomic E-state index is -0.740. The van der Waals surface area contributed by atoms with Gasteiger partial charge >= 0.3 is 12.2 Å². The Morgan fingerprint density at radius 2 is 1.76 bits per heavy atom. The van der Waals surface area contributed by atoms with Gasteiger partial charge in [-0.25, -0.2) is 9.59 Å². The van der Waals surface area contributed by atoms with Gasteiger partial charge < -0.3 is 24.4 Å². The van der Waals surface area contributed by atoms with E-state index in [0.29, 0.717) is 6.54 Å². The van der Waals surface area contributed by atoms with E-state index in [1.54, 1.807) is 44.7 Å². The standard InChI is InChI=1S/C21H30N2O6/c1-5-27-20(26)28-14-10-9-13-23(16-17-11-7-6-8-12-17)18(24)15-22-19(25)29-21(2,3)4/h6-12H,5,13-16H2,1-4H3,(H,22,25)/b10-9+. The molecule has 1 N–H and O–H groups in total. The molecule has 0 radical (unpaired) electrons. The van der Waals surface area contributed by atoms with E-state index in [2.05, 4.69) is 10.1 Å². The van der Waals surface area contributed by atoms with Crippen molar-refractivity contribution in [1.82, 2.24) is 10.2 Å².